The highest BCUT2D eigenvalue weighted by Gasteiger charge is 2.25. The Bertz CT molecular complexity index is 364. The molecular weight excluding hydrogens is 291 g/mol. The first-order chi connectivity index (χ1) is 7.72. The summed E-state index contributed by atoms with van der Waals surface area (Å²) in [5.41, 5.74) is 1.07. The second kappa shape index (κ2) is 5.39. The summed E-state index contributed by atoms with van der Waals surface area (Å²) < 4.78 is 11.7. The molecule has 1 aliphatic rings. The highest BCUT2D eigenvalue weighted by Crippen LogP contribution is 2.35. The van der Waals surface area contributed by atoms with Crippen molar-refractivity contribution in [2.24, 2.45) is 0 Å². The van der Waals surface area contributed by atoms with Crippen molar-refractivity contribution in [3.63, 3.8) is 0 Å². The summed E-state index contributed by atoms with van der Waals surface area (Å²) in [6.45, 7) is 0.825. The van der Waals surface area contributed by atoms with Crippen LogP contribution in [0.4, 0.5) is 0 Å². The van der Waals surface area contributed by atoms with Crippen LogP contribution in [-0.4, -0.2) is 19.8 Å². The van der Waals surface area contributed by atoms with Crippen molar-refractivity contribution in [1.29, 1.82) is 0 Å². The predicted octanol–water partition coefficient (Wildman–Crippen LogP) is 3.92. The van der Waals surface area contributed by atoms with Gasteiger partial charge in [0.2, 0.25) is 0 Å². The molecule has 88 valence electrons. The summed E-state index contributed by atoms with van der Waals surface area (Å²) in [4.78, 5) is 0. The molecule has 0 bridgehead atoms. The van der Waals surface area contributed by atoms with Gasteiger partial charge < -0.3 is 9.47 Å². The van der Waals surface area contributed by atoms with Crippen LogP contribution in [0.3, 0.4) is 0 Å². The topological polar surface area (TPSA) is 18.5 Å². The standard InChI is InChI=1S/C12H14BrClO2/c1-15-10-5-4-8(7-9(10)13)12(14)11-3-2-6-16-11/h4-5,7,11-12H,2-3,6H2,1H3. The van der Waals surface area contributed by atoms with Gasteiger partial charge in [0.05, 0.1) is 23.1 Å². The van der Waals surface area contributed by atoms with Crippen LogP contribution in [0.1, 0.15) is 23.8 Å². The molecule has 1 aromatic carbocycles. The Morgan fingerprint density at radius 3 is 2.94 bits per heavy atom. The van der Waals surface area contributed by atoms with Gasteiger partial charge in [0, 0.05) is 6.61 Å². The van der Waals surface area contributed by atoms with Gasteiger partial charge >= 0.3 is 0 Å². The van der Waals surface area contributed by atoms with Gasteiger partial charge in [0.1, 0.15) is 5.75 Å². The number of rotatable bonds is 3. The first kappa shape index (κ1) is 12.2. The van der Waals surface area contributed by atoms with E-state index in [9.17, 15) is 0 Å². The summed E-state index contributed by atoms with van der Waals surface area (Å²) in [6.07, 6.45) is 2.28. The smallest absolute Gasteiger partial charge is 0.133 e. The van der Waals surface area contributed by atoms with E-state index in [1.165, 1.54) is 0 Å². The van der Waals surface area contributed by atoms with E-state index in [2.05, 4.69) is 15.9 Å². The molecule has 1 aromatic rings. The Kier molecular flexibility index (Phi) is 4.11. The highest BCUT2D eigenvalue weighted by molar-refractivity contribution is 9.10. The van der Waals surface area contributed by atoms with Crippen molar-refractivity contribution in [3.8, 4) is 5.75 Å². The Hall–Kier alpha value is -0.250. The molecule has 4 heteroatoms. The third-order valence-electron chi connectivity index (χ3n) is 2.79. The molecule has 0 spiro atoms. The molecule has 2 unspecified atom stereocenters. The minimum absolute atomic E-state index is 0.0790. The van der Waals surface area contributed by atoms with E-state index in [-0.39, 0.29) is 11.5 Å². The van der Waals surface area contributed by atoms with Crippen LogP contribution in [-0.2, 0) is 4.74 Å². The van der Waals surface area contributed by atoms with Gasteiger partial charge in [-0.05, 0) is 46.5 Å². The number of halogens is 2. The highest BCUT2D eigenvalue weighted by atomic mass is 79.9. The van der Waals surface area contributed by atoms with E-state index in [1.54, 1.807) is 7.11 Å². The van der Waals surface area contributed by atoms with Crippen LogP contribution in [0.2, 0.25) is 0 Å². The van der Waals surface area contributed by atoms with Crippen LogP contribution in [0.15, 0.2) is 22.7 Å². The molecule has 1 saturated heterocycles. The largest absolute Gasteiger partial charge is 0.496 e. The fraction of sp³-hybridized carbons (Fsp3) is 0.500. The number of hydrogen-bond donors (Lipinski definition) is 0. The molecule has 16 heavy (non-hydrogen) atoms. The minimum Gasteiger partial charge on any atom is -0.496 e. The molecule has 2 rings (SSSR count). The first-order valence-electron chi connectivity index (χ1n) is 5.31. The maximum atomic E-state index is 6.39. The number of benzene rings is 1. The lowest BCUT2D eigenvalue weighted by atomic mass is 10.1. The van der Waals surface area contributed by atoms with Crippen molar-refractivity contribution in [2.45, 2.75) is 24.3 Å². The number of methoxy groups -OCH3 is 1. The van der Waals surface area contributed by atoms with E-state index < -0.39 is 0 Å². The molecule has 2 nitrogen and oxygen atoms in total. The second-order valence-corrected chi connectivity index (χ2v) is 5.17. The molecule has 0 aromatic heterocycles. The second-order valence-electron chi connectivity index (χ2n) is 3.85. The number of ether oxygens (including phenoxy) is 2. The van der Waals surface area contributed by atoms with Crippen LogP contribution < -0.4 is 4.74 Å². The molecule has 0 radical (unpaired) electrons. The Morgan fingerprint density at radius 2 is 2.38 bits per heavy atom. The monoisotopic (exact) mass is 304 g/mol. The van der Waals surface area contributed by atoms with Gasteiger partial charge in [-0.2, -0.15) is 0 Å². The Labute approximate surface area is 109 Å². The third kappa shape index (κ3) is 2.53. The zero-order chi connectivity index (χ0) is 11.5. The average Bonchev–Trinajstić information content (AvgIpc) is 2.81. The molecule has 0 aliphatic carbocycles. The lowest BCUT2D eigenvalue weighted by Crippen LogP contribution is -2.12. The van der Waals surface area contributed by atoms with Crippen molar-refractivity contribution >= 4 is 27.5 Å². The van der Waals surface area contributed by atoms with Gasteiger partial charge in [-0.25, -0.2) is 0 Å². The first-order valence-corrected chi connectivity index (χ1v) is 6.54. The lowest BCUT2D eigenvalue weighted by molar-refractivity contribution is 0.107. The van der Waals surface area contributed by atoms with Crippen molar-refractivity contribution in [3.05, 3.63) is 28.2 Å². The van der Waals surface area contributed by atoms with Gasteiger partial charge in [-0.1, -0.05) is 6.07 Å². The SMILES string of the molecule is COc1ccc(C(Cl)C2CCCO2)cc1Br. The zero-order valence-corrected chi connectivity index (χ0v) is 11.4. The van der Waals surface area contributed by atoms with Gasteiger partial charge in [-0.15, -0.1) is 11.6 Å². The fourth-order valence-corrected chi connectivity index (χ4v) is 2.80. The van der Waals surface area contributed by atoms with Crippen LogP contribution >= 0.6 is 27.5 Å². The number of alkyl halides is 1. The zero-order valence-electron chi connectivity index (χ0n) is 9.08. The van der Waals surface area contributed by atoms with Crippen LogP contribution in [0.5, 0.6) is 5.75 Å². The molecule has 0 amide bonds. The molecular formula is C12H14BrClO2. The fourth-order valence-electron chi connectivity index (χ4n) is 1.90. The van der Waals surface area contributed by atoms with E-state index >= 15 is 0 Å². The normalized spacial score (nSPS) is 22.1. The summed E-state index contributed by atoms with van der Waals surface area (Å²) in [7, 11) is 1.65. The van der Waals surface area contributed by atoms with Crippen molar-refractivity contribution in [2.75, 3.05) is 13.7 Å². The predicted molar refractivity (Wildman–Crippen MR) is 68.3 cm³/mol. The summed E-state index contributed by atoms with van der Waals surface area (Å²) in [6, 6.07) is 5.91. The maximum absolute atomic E-state index is 6.39. The lowest BCUT2D eigenvalue weighted by Gasteiger charge is -2.17. The van der Waals surface area contributed by atoms with E-state index in [1.807, 2.05) is 18.2 Å². The van der Waals surface area contributed by atoms with Crippen molar-refractivity contribution in [1.82, 2.24) is 0 Å². The molecule has 0 saturated carbocycles. The third-order valence-corrected chi connectivity index (χ3v) is 3.94. The molecule has 2 atom stereocenters. The Morgan fingerprint density at radius 1 is 1.56 bits per heavy atom. The van der Waals surface area contributed by atoms with Gasteiger partial charge in [-0.3, -0.25) is 0 Å². The van der Waals surface area contributed by atoms with E-state index in [0.717, 1.165) is 35.2 Å². The molecule has 1 fully saturated rings. The molecule has 1 heterocycles. The quantitative estimate of drug-likeness (QED) is 0.788. The van der Waals surface area contributed by atoms with Gasteiger partial charge in [0.25, 0.3) is 0 Å². The summed E-state index contributed by atoms with van der Waals surface area (Å²) in [5.74, 6) is 0.819. The van der Waals surface area contributed by atoms with Crippen LogP contribution in [0, 0.1) is 0 Å². The summed E-state index contributed by atoms with van der Waals surface area (Å²) in [5, 5.41) is -0.0790. The summed E-state index contributed by atoms with van der Waals surface area (Å²) >= 11 is 9.85. The average molecular weight is 306 g/mol. The van der Waals surface area contributed by atoms with E-state index in [0.29, 0.717) is 0 Å². The maximum Gasteiger partial charge on any atom is 0.133 e. The molecule has 1 aliphatic heterocycles. The minimum atomic E-state index is -0.0790. The van der Waals surface area contributed by atoms with Crippen molar-refractivity contribution < 1.29 is 9.47 Å². The van der Waals surface area contributed by atoms with E-state index in [4.69, 9.17) is 21.1 Å². The Balaban J connectivity index is 2.16. The molecule has 0 N–H and O–H groups in total. The van der Waals surface area contributed by atoms with Crippen LogP contribution in [0.25, 0.3) is 0 Å². The number of hydrogen-bond acceptors (Lipinski definition) is 2. The van der Waals surface area contributed by atoms with Gasteiger partial charge in [0.15, 0.2) is 0 Å².